The summed E-state index contributed by atoms with van der Waals surface area (Å²) in [5.41, 5.74) is 1.83. The normalized spacial score (nSPS) is 10.2. The van der Waals surface area contributed by atoms with Crippen LogP contribution in [0, 0.1) is 0 Å². The van der Waals surface area contributed by atoms with Crippen LogP contribution in [0.25, 0.3) is 12.2 Å². The maximum absolute atomic E-state index is 9.83. The van der Waals surface area contributed by atoms with Gasteiger partial charge in [-0.25, -0.2) is 4.57 Å². The molecule has 3 nitrogen and oxygen atoms in total. The number of rotatable bonds is 3. The molecular formula is C15H16INO2. The van der Waals surface area contributed by atoms with Gasteiger partial charge in [0.05, 0.1) is 7.11 Å². The van der Waals surface area contributed by atoms with Crippen LogP contribution in [0.2, 0.25) is 0 Å². The van der Waals surface area contributed by atoms with Crippen LogP contribution in [-0.4, -0.2) is 12.2 Å². The second-order valence-corrected chi connectivity index (χ2v) is 3.99. The van der Waals surface area contributed by atoms with E-state index >= 15 is 0 Å². The molecule has 0 amide bonds. The number of aryl methyl sites for hydroxylation is 1. The van der Waals surface area contributed by atoms with E-state index in [4.69, 9.17) is 4.74 Å². The Morgan fingerprint density at radius 3 is 2.58 bits per heavy atom. The first kappa shape index (κ1) is 15.5. The summed E-state index contributed by atoms with van der Waals surface area (Å²) in [4.78, 5) is 0. The molecule has 2 aromatic rings. The molecule has 100 valence electrons. The number of ether oxygens (including phenoxy) is 1. The van der Waals surface area contributed by atoms with E-state index in [-0.39, 0.29) is 29.7 Å². The smallest absolute Gasteiger partial charge is 0.204 e. The first-order valence-corrected chi connectivity index (χ1v) is 5.70. The first-order chi connectivity index (χ1) is 8.70. The number of phenolic OH excluding ortho intramolecular Hbond substituents is 1. The molecule has 4 heteroatoms. The molecule has 0 fully saturated rings. The average Bonchev–Trinajstić information content (AvgIpc) is 2.39. The number of pyridine rings is 1. The van der Waals surface area contributed by atoms with Crippen molar-refractivity contribution in [1.29, 1.82) is 0 Å². The van der Waals surface area contributed by atoms with Crippen LogP contribution in [0.5, 0.6) is 11.5 Å². The largest absolute Gasteiger partial charge is 1.00 e. The molecular weight excluding hydrogens is 353 g/mol. The van der Waals surface area contributed by atoms with Crippen molar-refractivity contribution in [2.75, 3.05) is 7.11 Å². The molecule has 0 saturated heterocycles. The fourth-order valence-electron chi connectivity index (χ4n) is 1.68. The standard InChI is InChI=1S/C15H15NO2.HI/c1-16-10-4-3-5-13(16)8-6-12-7-9-14(18-2)11-15(12)17;/h3-11H,1-2H3;1H. The molecule has 0 saturated carbocycles. The molecule has 2 rings (SSSR count). The lowest BCUT2D eigenvalue weighted by Crippen LogP contribution is -3.00. The molecule has 0 aliphatic carbocycles. The SMILES string of the molecule is COc1ccc(/C=C/c2cccc[n+]2C)c(O)c1.[I-]. The Hall–Kier alpha value is -1.56. The van der Waals surface area contributed by atoms with Crippen molar-refractivity contribution in [3.63, 3.8) is 0 Å². The maximum Gasteiger partial charge on any atom is 0.204 e. The Morgan fingerprint density at radius 1 is 1.16 bits per heavy atom. The van der Waals surface area contributed by atoms with E-state index in [1.54, 1.807) is 13.2 Å². The summed E-state index contributed by atoms with van der Waals surface area (Å²) < 4.78 is 7.05. The molecule has 0 aliphatic heterocycles. The van der Waals surface area contributed by atoms with Gasteiger partial charge in [0, 0.05) is 29.8 Å². The highest BCUT2D eigenvalue weighted by Crippen LogP contribution is 2.24. The van der Waals surface area contributed by atoms with Gasteiger partial charge < -0.3 is 33.8 Å². The number of aromatic nitrogens is 1. The van der Waals surface area contributed by atoms with Gasteiger partial charge in [-0.05, 0) is 24.3 Å². The van der Waals surface area contributed by atoms with Gasteiger partial charge in [0.25, 0.3) is 0 Å². The van der Waals surface area contributed by atoms with Crippen LogP contribution in [-0.2, 0) is 7.05 Å². The summed E-state index contributed by atoms with van der Waals surface area (Å²) in [6, 6.07) is 11.2. The molecule has 0 radical (unpaired) electrons. The van der Waals surface area contributed by atoms with Crippen molar-refractivity contribution in [2.45, 2.75) is 0 Å². The highest BCUT2D eigenvalue weighted by Gasteiger charge is 2.02. The second-order valence-electron chi connectivity index (χ2n) is 3.99. The van der Waals surface area contributed by atoms with E-state index < -0.39 is 0 Å². The van der Waals surface area contributed by atoms with Crippen molar-refractivity contribution >= 4 is 12.2 Å². The number of methoxy groups -OCH3 is 1. The number of aromatic hydroxyl groups is 1. The average molecular weight is 369 g/mol. The Morgan fingerprint density at radius 2 is 1.95 bits per heavy atom. The van der Waals surface area contributed by atoms with Gasteiger partial charge in [-0.1, -0.05) is 0 Å². The van der Waals surface area contributed by atoms with Crippen LogP contribution >= 0.6 is 0 Å². The number of hydrogen-bond acceptors (Lipinski definition) is 2. The summed E-state index contributed by atoms with van der Waals surface area (Å²) in [5, 5.41) is 9.83. The summed E-state index contributed by atoms with van der Waals surface area (Å²) in [5.74, 6) is 0.860. The van der Waals surface area contributed by atoms with E-state index in [9.17, 15) is 5.11 Å². The van der Waals surface area contributed by atoms with Gasteiger partial charge in [0.1, 0.15) is 18.5 Å². The van der Waals surface area contributed by atoms with E-state index in [1.165, 1.54) is 0 Å². The summed E-state index contributed by atoms with van der Waals surface area (Å²) in [6.07, 6.45) is 5.82. The van der Waals surface area contributed by atoms with Gasteiger partial charge in [-0.15, -0.1) is 0 Å². The zero-order valence-corrected chi connectivity index (χ0v) is 13.0. The topological polar surface area (TPSA) is 33.3 Å². The zero-order chi connectivity index (χ0) is 13.0. The van der Waals surface area contributed by atoms with Crippen molar-refractivity contribution in [3.05, 3.63) is 53.9 Å². The van der Waals surface area contributed by atoms with Crippen LogP contribution in [0.1, 0.15) is 11.3 Å². The van der Waals surface area contributed by atoms with E-state index in [2.05, 4.69) is 0 Å². The van der Waals surface area contributed by atoms with Crippen LogP contribution in [0.4, 0.5) is 0 Å². The van der Waals surface area contributed by atoms with Crippen molar-refractivity contribution in [1.82, 2.24) is 0 Å². The third kappa shape index (κ3) is 3.96. The third-order valence-corrected chi connectivity index (χ3v) is 2.77. The van der Waals surface area contributed by atoms with Gasteiger partial charge >= 0.3 is 0 Å². The van der Waals surface area contributed by atoms with Gasteiger partial charge in [-0.3, -0.25) is 0 Å². The predicted molar refractivity (Wildman–Crippen MR) is 71.2 cm³/mol. The monoisotopic (exact) mass is 369 g/mol. The number of phenols is 1. The minimum atomic E-state index is 0. The van der Waals surface area contributed by atoms with Crippen LogP contribution in [0.15, 0.2) is 42.6 Å². The lowest BCUT2D eigenvalue weighted by Gasteiger charge is -2.02. The fraction of sp³-hybridized carbons (Fsp3) is 0.133. The van der Waals surface area contributed by atoms with E-state index in [0.29, 0.717) is 5.75 Å². The second kappa shape index (κ2) is 7.13. The van der Waals surface area contributed by atoms with Gasteiger partial charge in [-0.2, -0.15) is 0 Å². The number of hydrogen-bond donors (Lipinski definition) is 1. The first-order valence-electron chi connectivity index (χ1n) is 5.70. The minimum Gasteiger partial charge on any atom is -1.00 e. The van der Waals surface area contributed by atoms with Crippen LogP contribution in [0.3, 0.4) is 0 Å². The Kier molecular flexibility index (Phi) is 5.82. The lowest BCUT2D eigenvalue weighted by molar-refractivity contribution is -0.673. The maximum atomic E-state index is 9.83. The van der Waals surface area contributed by atoms with Gasteiger partial charge in [0.15, 0.2) is 6.20 Å². The highest BCUT2D eigenvalue weighted by atomic mass is 127. The van der Waals surface area contributed by atoms with Gasteiger partial charge in [0.2, 0.25) is 5.69 Å². The molecule has 0 spiro atoms. The predicted octanol–water partition coefficient (Wildman–Crippen LogP) is -0.600. The number of benzene rings is 1. The molecule has 1 aromatic heterocycles. The number of halogens is 1. The minimum absolute atomic E-state index is 0. The molecule has 1 N–H and O–H groups in total. The van der Waals surface area contributed by atoms with Crippen molar-refractivity contribution in [3.8, 4) is 11.5 Å². The molecule has 1 aromatic carbocycles. The molecule has 1 heterocycles. The third-order valence-electron chi connectivity index (χ3n) is 2.77. The van der Waals surface area contributed by atoms with E-state index in [0.717, 1.165) is 11.3 Å². The zero-order valence-electron chi connectivity index (χ0n) is 10.9. The molecule has 0 unspecified atom stereocenters. The van der Waals surface area contributed by atoms with Crippen molar-refractivity contribution < 1.29 is 38.4 Å². The summed E-state index contributed by atoms with van der Waals surface area (Å²) >= 11 is 0. The quantitative estimate of drug-likeness (QED) is 0.579. The number of nitrogens with zero attached hydrogens (tertiary/aromatic N) is 1. The van der Waals surface area contributed by atoms with Crippen molar-refractivity contribution in [2.24, 2.45) is 7.05 Å². The summed E-state index contributed by atoms with van der Waals surface area (Å²) in [7, 11) is 3.56. The Labute approximate surface area is 130 Å². The fourth-order valence-corrected chi connectivity index (χ4v) is 1.68. The highest BCUT2D eigenvalue weighted by molar-refractivity contribution is 5.70. The molecule has 0 atom stereocenters. The Balaban J connectivity index is 0.00000180. The molecule has 0 bridgehead atoms. The van der Waals surface area contributed by atoms with Crippen LogP contribution < -0.4 is 33.3 Å². The van der Waals surface area contributed by atoms with E-state index in [1.807, 2.05) is 60.3 Å². The lowest BCUT2D eigenvalue weighted by atomic mass is 10.1. The molecule has 19 heavy (non-hydrogen) atoms. The summed E-state index contributed by atoms with van der Waals surface area (Å²) in [6.45, 7) is 0. The molecule has 0 aliphatic rings. The Bertz CT molecular complexity index is 582.